The molecule has 0 bridgehead atoms. The van der Waals surface area contributed by atoms with Crippen molar-refractivity contribution in [3.05, 3.63) is 65.2 Å². The molecule has 2 aliphatic rings. The Balaban J connectivity index is 1.44. The molecule has 1 saturated heterocycles. The molecule has 9 heteroatoms. The van der Waals surface area contributed by atoms with Gasteiger partial charge in [-0.15, -0.1) is 0 Å². The topological polar surface area (TPSA) is 88.4 Å². The smallest absolute Gasteiger partial charge is 0.256 e. The molecule has 0 unspecified atom stereocenters. The van der Waals surface area contributed by atoms with E-state index in [-0.39, 0.29) is 10.8 Å². The minimum Gasteiger partial charge on any atom is -0.371 e. The van der Waals surface area contributed by atoms with E-state index in [1.54, 1.807) is 23.2 Å². The van der Waals surface area contributed by atoms with Crippen molar-refractivity contribution in [1.82, 2.24) is 19.7 Å². The number of benzene rings is 1. The second-order valence-corrected chi connectivity index (χ2v) is 10.9. The molecule has 1 amide bonds. The van der Waals surface area contributed by atoms with Crippen molar-refractivity contribution < 1.29 is 13.2 Å². The minimum atomic E-state index is -3.42. The van der Waals surface area contributed by atoms with Gasteiger partial charge in [0.15, 0.2) is 9.84 Å². The van der Waals surface area contributed by atoms with E-state index in [9.17, 15) is 13.2 Å². The molecule has 172 valence electrons. The predicted octanol–water partition coefficient (Wildman–Crippen LogP) is 3.13. The zero-order valence-electron chi connectivity index (χ0n) is 18.9. The van der Waals surface area contributed by atoms with Crippen LogP contribution in [0.25, 0.3) is 5.69 Å². The van der Waals surface area contributed by atoms with Gasteiger partial charge in [0.05, 0.1) is 28.4 Å². The molecule has 8 nitrogen and oxygen atoms in total. The molecule has 1 fully saturated rings. The van der Waals surface area contributed by atoms with E-state index in [2.05, 4.69) is 15.0 Å². The first-order valence-corrected chi connectivity index (χ1v) is 13.1. The lowest BCUT2D eigenvalue weighted by Gasteiger charge is -2.31. The van der Waals surface area contributed by atoms with Crippen LogP contribution in [0.4, 0.5) is 5.69 Å². The molecule has 0 N–H and O–H groups in total. The summed E-state index contributed by atoms with van der Waals surface area (Å²) in [5.74, 6) is -0.162. The zero-order chi connectivity index (χ0) is 23.2. The monoisotopic (exact) mass is 465 g/mol. The highest BCUT2D eigenvalue weighted by molar-refractivity contribution is 7.90. The zero-order valence-corrected chi connectivity index (χ0v) is 19.7. The van der Waals surface area contributed by atoms with Crippen LogP contribution in [0, 0.1) is 6.92 Å². The average Bonchev–Trinajstić information content (AvgIpc) is 3.38. The molecule has 2 aromatic heterocycles. The molecule has 33 heavy (non-hydrogen) atoms. The van der Waals surface area contributed by atoms with Gasteiger partial charge >= 0.3 is 0 Å². The number of aromatic nitrogens is 3. The van der Waals surface area contributed by atoms with Gasteiger partial charge in [-0.05, 0) is 56.5 Å². The summed E-state index contributed by atoms with van der Waals surface area (Å²) in [6, 6.07) is 8.80. The van der Waals surface area contributed by atoms with Gasteiger partial charge in [-0.1, -0.05) is 0 Å². The summed E-state index contributed by atoms with van der Waals surface area (Å²) in [6.07, 6.45) is 8.19. The number of amides is 1. The van der Waals surface area contributed by atoms with Crippen molar-refractivity contribution in [3.63, 3.8) is 0 Å². The summed E-state index contributed by atoms with van der Waals surface area (Å²) in [5.41, 5.74) is 4.96. The molecule has 1 aromatic carbocycles. The van der Waals surface area contributed by atoms with Crippen LogP contribution in [0.2, 0.25) is 0 Å². The molecule has 0 atom stereocenters. The number of piperidine rings is 1. The van der Waals surface area contributed by atoms with E-state index in [0.717, 1.165) is 54.3 Å². The summed E-state index contributed by atoms with van der Waals surface area (Å²) in [5, 5.41) is 4.69. The van der Waals surface area contributed by atoms with Crippen LogP contribution in [0.3, 0.4) is 0 Å². The standard InChI is InChI=1S/C24H27N5O3S/c1-17-12-19(8-9-25-17)29-15-18-14-28(16-22(18)26-29)24(30)21-13-20(33(2,31)32)6-7-23(21)27-10-4-3-5-11-27/h6-9,12-13,15H,3-5,10-11,14,16H2,1-2H3. The summed E-state index contributed by atoms with van der Waals surface area (Å²) >= 11 is 0. The number of pyridine rings is 1. The molecule has 4 heterocycles. The fraction of sp³-hybridized carbons (Fsp3) is 0.375. The van der Waals surface area contributed by atoms with E-state index in [1.165, 1.54) is 18.7 Å². The van der Waals surface area contributed by atoms with E-state index in [0.29, 0.717) is 18.7 Å². The van der Waals surface area contributed by atoms with Crippen LogP contribution in [0.15, 0.2) is 47.6 Å². The van der Waals surface area contributed by atoms with Crippen molar-refractivity contribution in [2.45, 2.75) is 44.2 Å². The Morgan fingerprint density at radius 3 is 2.52 bits per heavy atom. The Hall–Kier alpha value is -3.20. The van der Waals surface area contributed by atoms with Gasteiger partial charge in [0.2, 0.25) is 0 Å². The molecular formula is C24H27N5O3S. The first-order chi connectivity index (χ1) is 15.8. The highest BCUT2D eigenvalue weighted by Crippen LogP contribution is 2.31. The van der Waals surface area contributed by atoms with E-state index in [4.69, 9.17) is 0 Å². The third kappa shape index (κ3) is 4.25. The lowest BCUT2D eigenvalue weighted by Crippen LogP contribution is -2.33. The number of sulfone groups is 1. The number of carbonyl (C=O) groups excluding carboxylic acids is 1. The highest BCUT2D eigenvalue weighted by atomic mass is 32.2. The number of anilines is 1. The molecule has 0 spiro atoms. The maximum absolute atomic E-state index is 13.6. The fourth-order valence-corrected chi connectivity index (χ4v) is 5.25. The van der Waals surface area contributed by atoms with Gasteiger partial charge in [0, 0.05) is 55.2 Å². The molecule has 0 saturated carbocycles. The number of aryl methyl sites for hydroxylation is 1. The summed E-state index contributed by atoms with van der Waals surface area (Å²) < 4.78 is 26.2. The third-order valence-corrected chi connectivity index (χ3v) is 7.44. The Labute approximate surface area is 193 Å². The van der Waals surface area contributed by atoms with Crippen molar-refractivity contribution >= 4 is 21.4 Å². The van der Waals surface area contributed by atoms with Crippen molar-refractivity contribution in [1.29, 1.82) is 0 Å². The molecule has 0 radical (unpaired) electrons. The molecule has 2 aliphatic heterocycles. The molecule has 0 aliphatic carbocycles. The lowest BCUT2D eigenvalue weighted by atomic mass is 10.1. The molecular weight excluding hydrogens is 438 g/mol. The van der Waals surface area contributed by atoms with Crippen LogP contribution in [0.5, 0.6) is 0 Å². The number of carbonyl (C=O) groups is 1. The predicted molar refractivity (Wildman–Crippen MR) is 125 cm³/mol. The molecule has 5 rings (SSSR count). The van der Waals surface area contributed by atoms with Gasteiger partial charge in [0.25, 0.3) is 5.91 Å². The number of fused-ring (bicyclic) bond motifs is 1. The second kappa shape index (κ2) is 8.30. The summed E-state index contributed by atoms with van der Waals surface area (Å²) in [6.45, 7) is 4.52. The third-order valence-electron chi connectivity index (χ3n) is 6.33. The van der Waals surface area contributed by atoms with Crippen LogP contribution in [-0.2, 0) is 22.9 Å². The van der Waals surface area contributed by atoms with E-state index in [1.807, 2.05) is 29.9 Å². The van der Waals surface area contributed by atoms with Crippen molar-refractivity contribution in [2.75, 3.05) is 24.2 Å². The van der Waals surface area contributed by atoms with Crippen LogP contribution < -0.4 is 4.90 Å². The first-order valence-electron chi connectivity index (χ1n) is 11.2. The quantitative estimate of drug-likeness (QED) is 0.588. The SMILES string of the molecule is Cc1cc(-n2cc3c(n2)CN(C(=O)c2cc(S(C)(=O)=O)ccc2N2CCCCC2)C3)ccn1. The fourth-order valence-electron chi connectivity index (χ4n) is 4.60. The number of nitrogens with zero attached hydrogens (tertiary/aromatic N) is 5. The average molecular weight is 466 g/mol. The normalized spacial score (nSPS) is 16.2. The Kier molecular flexibility index (Phi) is 5.44. The van der Waals surface area contributed by atoms with Crippen molar-refractivity contribution in [2.24, 2.45) is 0 Å². The Morgan fingerprint density at radius 2 is 1.82 bits per heavy atom. The van der Waals surface area contributed by atoms with Crippen molar-refractivity contribution in [3.8, 4) is 5.69 Å². The van der Waals surface area contributed by atoms with Gasteiger partial charge < -0.3 is 9.80 Å². The van der Waals surface area contributed by atoms with Gasteiger partial charge in [-0.2, -0.15) is 5.10 Å². The summed E-state index contributed by atoms with van der Waals surface area (Å²) in [7, 11) is -3.42. The van der Waals surface area contributed by atoms with E-state index >= 15 is 0 Å². The Bertz CT molecular complexity index is 1300. The van der Waals surface area contributed by atoms with Gasteiger partial charge in [-0.3, -0.25) is 9.78 Å². The number of hydrogen-bond donors (Lipinski definition) is 0. The number of rotatable bonds is 4. The summed E-state index contributed by atoms with van der Waals surface area (Å²) in [4.78, 5) is 22.0. The van der Waals surface area contributed by atoms with Crippen LogP contribution >= 0.6 is 0 Å². The molecule has 3 aromatic rings. The number of hydrogen-bond acceptors (Lipinski definition) is 6. The van der Waals surface area contributed by atoms with Gasteiger partial charge in [-0.25, -0.2) is 13.1 Å². The maximum atomic E-state index is 13.6. The minimum absolute atomic E-state index is 0.162. The van der Waals surface area contributed by atoms with Crippen LogP contribution in [-0.4, -0.2) is 53.3 Å². The highest BCUT2D eigenvalue weighted by Gasteiger charge is 2.30. The first kappa shape index (κ1) is 21.6. The largest absolute Gasteiger partial charge is 0.371 e. The maximum Gasteiger partial charge on any atom is 0.256 e. The van der Waals surface area contributed by atoms with Crippen LogP contribution in [0.1, 0.15) is 46.6 Å². The van der Waals surface area contributed by atoms with Gasteiger partial charge in [0.1, 0.15) is 0 Å². The lowest BCUT2D eigenvalue weighted by molar-refractivity contribution is 0.0749. The Morgan fingerprint density at radius 1 is 1.03 bits per heavy atom. The second-order valence-electron chi connectivity index (χ2n) is 8.86. The van der Waals surface area contributed by atoms with E-state index < -0.39 is 9.84 Å².